The van der Waals surface area contributed by atoms with Gasteiger partial charge in [0.2, 0.25) is 11.6 Å². The molecule has 1 aliphatic rings. The summed E-state index contributed by atoms with van der Waals surface area (Å²) in [4.78, 5) is 22.2. The predicted molar refractivity (Wildman–Crippen MR) is 42.9 cm³/mol. The van der Waals surface area contributed by atoms with E-state index in [-0.39, 0.29) is 11.6 Å². The normalized spacial score (nSPS) is 13.3. The first-order chi connectivity index (χ1) is 5.79. The lowest BCUT2D eigenvalue weighted by atomic mass is 9.97. The summed E-state index contributed by atoms with van der Waals surface area (Å²) in [6, 6.07) is 6.67. The van der Waals surface area contributed by atoms with E-state index in [1.807, 2.05) is 0 Å². The molecule has 0 bridgehead atoms. The molecule has 1 aliphatic carbocycles. The van der Waals surface area contributed by atoms with Gasteiger partial charge in [-0.25, -0.2) is 0 Å². The molecule has 0 saturated carbocycles. The van der Waals surface area contributed by atoms with Crippen LogP contribution in [-0.2, 0) is 0 Å². The van der Waals surface area contributed by atoms with Crippen LogP contribution in [-0.4, -0.2) is 11.6 Å². The van der Waals surface area contributed by atoms with Crippen LogP contribution >= 0.6 is 0 Å². The molecule has 1 aromatic rings. The van der Waals surface area contributed by atoms with Crippen molar-refractivity contribution in [1.29, 1.82) is 0 Å². The third-order valence-corrected chi connectivity index (χ3v) is 1.71. The average molecular weight is 156 g/mol. The van der Waals surface area contributed by atoms with Gasteiger partial charge in [-0.05, 0) is 24.0 Å². The van der Waals surface area contributed by atoms with E-state index in [0.29, 0.717) is 11.1 Å². The van der Waals surface area contributed by atoms with Crippen molar-refractivity contribution >= 4 is 11.6 Å². The van der Waals surface area contributed by atoms with Crippen LogP contribution in [0.5, 0.6) is 0 Å². The SMILES string of the molecule is O=C1C#CC(=O)c2ccccc21. The highest BCUT2D eigenvalue weighted by molar-refractivity contribution is 6.25. The maximum Gasteiger partial charge on any atom is 0.237 e. The topological polar surface area (TPSA) is 34.1 Å². The monoisotopic (exact) mass is 156 g/mol. The van der Waals surface area contributed by atoms with Gasteiger partial charge in [-0.3, -0.25) is 9.59 Å². The molecule has 2 heteroatoms. The zero-order valence-corrected chi connectivity index (χ0v) is 6.13. The summed E-state index contributed by atoms with van der Waals surface area (Å²) in [5.74, 6) is 3.95. The van der Waals surface area contributed by atoms with Gasteiger partial charge in [0.15, 0.2) is 0 Å². The fraction of sp³-hybridized carbons (Fsp3) is 0. The smallest absolute Gasteiger partial charge is 0.237 e. The van der Waals surface area contributed by atoms with E-state index in [1.54, 1.807) is 24.3 Å². The van der Waals surface area contributed by atoms with E-state index < -0.39 is 0 Å². The summed E-state index contributed by atoms with van der Waals surface area (Å²) in [7, 11) is 0. The van der Waals surface area contributed by atoms with Crippen molar-refractivity contribution in [3.63, 3.8) is 0 Å². The zero-order valence-electron chi connectivity index (χ0n) is 6.13. The summed E-state index contributed by atoms with van der Waals surface area (Å²) in [5.41, 5.74) is 0.836. The van der Waals surface area contributed by atoms with Crippen LogP contribution in [0.4, 0.5) is 0 Å². The second-order valence-corrected chi connectivity index (χ2v) is 2.45. The molecule has 0 fully saturated rings. The number of hydrogen-bond donors (Lipinski definition) is 0. The van der Waals surface area contributed by atoms with E-state index in [4.69, 9.17) is 0 Å². The number of hydrogen-bond acceptors (Lipinski definition) is 2. The van der Waals surface area contributed by atoms with Crippen molar-refractivity contribution in [3.05, 3.63) is 35.4 Å². The first kappa shape index (κ1) is 6.81. The third-order valence-electron chi connectivity index (χ3n) is 1.71. The van der Waals surface area contributed by atoms with Crippen molar-refractivity contribution in [2.24, 2.45) is 0 Å². The maximum absolute atomic E-state index is 11.1. The zero-order chi connectivity index (χ0) is 8.55. The molecule has 1 aromatic carbocycles. The van der Waals surface area contributed by atoms with Crippen LogP contribution in [0.3, 0.4) is 0 Å². The number of carbonyl (C=O) groups excluding carboxylic acids is 2. The molecule has 0 N–H and O–H groups in total. The first-order valence-corrected chi connectivity index (χ1v) is 3.49. The van der Waals surface area contributed by atoms with Gasteiger partial charge in [-0.2, -0.15) is 0 Å². The Labute approximate surface area is 69.2 Å². The maximum atomic E-state index is 11.1. The molecule has 0 heterocycles. The minimum Gasteiger partial charge on any atom is -0.279 e. The number of Topliss-reactive ketones (excluding diaryl/α,β-unsaturated/α-hetero) is 2. The van der Waals surface area contributed by atoms with Gasteiger partial charge in [0, 0.05) is 11.1 Å². The van der Waals surface area contributed by atoms with Crippen LogP contribution in [0.25, 0.3) is 0 Å². The number of rotatable bonds is 0. The van der Waals surface area contributed by atoms with Crippen LogP contribution in [0.2, 0.25) is 0 Å². The number of carbonyl (C=O) groups is 2. The molecule has 0 amide bonds. The Morgan fingerprint density at radius 3 is 1.67 bits per heavy atom. The Morgan fingerprint density at radius 2 is 1.25 bits per heavy atom. The van der Waals surface area contributed by atoms with E-state index in [2.05, 4.69) is 11.8 Å². The minimum atomic E-state index is -0.273. The number of benzene rings is 1. The van der Waals surface area contributed by atoms with Crippen molar-refractivity contribution < 1.29 is 9.59 Å². The molecule has 0 unspecified atom stereocenters. The summed E-state index contributed by atoms with van der Waals surface area (Å²) >= 11 is 0. The summed E-state index contributed by atoms with van der Waals surface area (Å²) in [6.45, 7) is 0. The van der Waals surface area contributed by atoms with E-state index >= 15 is 0 Å². The van der Waals surface area contributed by atoms with Gasteiger partial charge in [-0.1, -0.05) is 12.1 Å². The summed E-state index contributed by atoms with van der Waals surface area (Å²) < 4.78 is 0. The molecule has 0 saturated heterocycles. The van der Waals surface area contributed by atoms with Gasteiger partial charge >= 0.3 is 0 Å². The fourth-order valence-corrected chi connectivity index (χ4v) is 1.13. The summed E-state index contributed by atoms with van der Waals surface area (Å²) in [6.07, 6.45) is 0. The van der Waals surface area contributed by atoms with Gasteiger partial charge in [0.1, 0.15) is 0 Å². The molecule has 0 aromatic heterocycles. The Morgan fingerprint density at radius 1 is 0.833 bits per heavy atom. The lowest BCUT2D eigenvalue weighted by molar-refractivity contribution is 0.101. The van der Waals surface area contributed by atoms with Crippen LogP contribution in [0, 0.1) is 11.8 Å². The third kappa shape index (κ3) is 0.841. The molecule has 2 rings (SSSR count). The van der Waals surface area contributed by atoms with Crippen molar-refractivity contribution in [2.75, 3.05) is 0 Å². The largest absolute Gasteiger partial charge is 0.279 e. The molecular formula is C10H4O2. The second-order valence-electron chi connectivity index (χ2n) is 2.45. The minimum absolute atomic E-state index is 0.273. The number of fused-ring (bicyclic) bond motifs is 1. The van der Waals surface area contributed by atoms with Crippen LogP contribution in [0.15, 0.2) is 24.3 Å². The van der Waals surface area contributed by atoms with Gasteiger partial charge in [-0.15, -0.1) is 0 Å². The van der Waals surface area contributed by atoms with E-state index in [9.17, 15) is 9.59 Å². The molecule has 56 valence electrons. The van der Waals surface area contributed by atoms with E-state index in [1.165, 1.54) is 0 Å². The van der Waals surface area contributed by atoms with Gasteiger partial charge < -0.3 is 0 Å². The molecule has 0 spiro atoms. The quantitative estimate of drug-likeness (QED) is 0.416. The molecule has 2 nitrogen and oxygen atoms in total. The summed E-state index contributed by atoms with van der Waals surface area (Å²) in [5, 5.41) is 0. The standard InChI is InChI=1S/C10H4O2/c11-9-5-6-10(12)8-4-2-1-3-7(8)9/h1-4H. The molecule has 12 heavy (non-hydrogen) atoms. The van der Waals surface area contributed by atoms with Crippen molar-refractivity contribution in [3.8, 4) is 11.8 Å². The Bertz CT molecular complexity index is 394. The molecule has 0 aliphatic heterocycles. The van der Waals surface area contributed by atoms with Crippen LogP contribution < -0.4 is 0 Å². The molecule has 0 radical (unpaired) electrons. The lowest BCUT2D eigenvalue weighted by Crippen LogP contribution is -2.10. The highest BCUT2D eigenvalue weighted by Crippen LogP contribution is 2.12. The second kappa shape index (κ2) is 2.31. The van der Waals surface area contributed by atoms with E-state index in [0.717, 1.165) is 0 Å². The van der Waals surface area contributed by atoms with Crippen LogP contribution in [0.1, 0.15) is 20.7 Å². The number of ketones is 2. The van der Waals surface area contributed by atoms with Gasteiger partial charge in [0.05, 0.1) is 0 Å². The molecule has 0 atom stereocenters. The Kier molecular flexibility index (Phi) is 1.31. The average Bonchev–Trinajstić information content (AvgIpc) is 2.12. The first-order valence-electron chi connectivity index (χ1n) is 3.49. The van der Waals surface area contributed by atoms with Crippen molar-refractivity contribution in [1.82, 2.24) is 0 Å². The lowest BCUT2D eigenvalue weighted by Gasteiger charge is -2.03. The fourth-order valence-electron chi connectivity index (χ4n) is 1.13. The highest BCUT2D eigenvalue weighted by Gasteiger charge is 2.17. The Hall–Kier alpha value is -1.88. The molecular weight excluding hydrogens is 152 g/mol. The van der Waals surface area contributed by atoms with Gasteiger partial charge in [0.25, 0.3) is 0 Å². The van der Waals surface area contributed by atoms with Crippen molar-refractivity contribution in [2.45, 2.75) is 0 Å². The highest BCUT2D eigenvalue weighted by atomic mass is 16.1. The Balaban J connectivity index is 2.74. The predicted octanol–water partition coefficient (Wildman–Crippen LogP) is 1.07.